The molecule has 2 bridgehead atoms. The minimum absolute atomic E-state index is 0.0939. The Morgan fingerprint density at radius 2 is 1.76 bits per heavy atom. The predicted molar refractivity (Wildman–Crippen MR) is 134 cm³/mol. The number of hydrogen-bond donors (Lipinski definition) is 1. The van der Waals surface area contributed by atoms with Crippen LogP contribution in [0.1, 0.15) is 28.8 Å². The second-order valence-electron chi connectivity index (χ2n) is 8.55. The quantitative estimate of drug-likeness (QED) is 0.428. The number of likely N-dealkylation sites (tertiary alicyclic amines) is 1. The van der Waals surface area contributed by atoms with Crippen LogP contribution in [0.3, 0.4) is 0 Å². The van der Waals surface area contributed by atoms with Crippen molar-refractivity contribution in [3.05, 3.63) is 81.8 Å². The predicted octanol–water partition coefficient (Wildman–Crippen LogP) is 5.89. The molecule has 3 aromatic rings. The maximum atomic E-state index is 13.5. The van der Waals surface area contributed by atoms with Gasteiger partial charge in [0.2, 0.25) is 0 Å². The Hall–Kier alpha value is -2.48. The van der Waals surface area contributed by atoms with Gasteiger partial charge >= 0.3 is 0 Å². The molecule has 1 aromatic heterocycles. The number of rotatable bonds is 5. The number of thiol groups is 1. The van der Waals surface area contributed by atoms with Crippen LogP contribution in [-0.4, -0.2) is 41.0 Å². The molecule has 3 heterocycles. The molecule has 2 aliphatic rings. The first-order valence-corrected chi connectivity index (χ1v) is 12.2. The van der Waals surface area contributed by atoms with Gasteiger partial charge in [-0.15, -0.1) is 12.6 Å². The van der Waals surface area contributed by atoms with Gasteiger partial charge in [0.1, 0.15) is 12.4 Å². The lowest BCUT2D eigenvalue weighted by Gasteiger charge is -2.43. The van der Waals surface area contributed by atoms with Crippen molar-refractivity contribution in [3.63, 3.8) is 0 Å². The van der Waals surface area contributed by atoms with Gasteiger partial charge < -0.3 is 14.5 Å². The van der Waals surface area contributed by atoms with Crippen molar-refractivity contribution in [2.45, 2.75) is 36.4 Å². The van der Waals surface area contributed by atoms with Gasteiger partial charge in [-0.2, -0.15) is 0 Å². The van der Waals surface area contributed by atoms with Crippen LogP contribution in [0.15, 0.2) is 59.8 Å². The Bertz CT molecular complexity index is 1220. The second-order valence-corrected chi connectivity index (χ2v) is 9.88. The van der Waals surface area contributed by atoms with E-state index in [9.17, 15) is 9.18 Å². The zero-order valence-electron chi connectivity index (χ0n) is 18.1. The first-order chi connectivity index (χ1) is 16.4. The van der Waals surface area contributed by atoms with Gasteiger partial charge in [-0.1, -0.05) is 23.2 Å². The van der Waals surface area contributed by atoms with Crippen molar-refractivity contribution in [2.75, 3.05) is 18.0 Å². The number of hydrogen-bond acceptors (Lipinski definition) is 5. The Morgan fingerprint density at radius 3 is 2.44 bits per heavy atom. The third-order valence-corrected chi connectivity index (χ3v) is 7.20. The van der Waals surface area contributed by atoms with Crippen LogP contribution in [0.4, 0.5) is 10.1 Å². The Kier molecular flexibility index (Phi) is 6.60. The summed E-state index contributed by atoms with van der Waals surface area (Å²) in [6, 6.07) is 11.6. The molecule has 5 nitrogen and oxygen atoms in total. The molecule has 2 atom stereocenters. The van der Waals surface area contributed by atoms with Gasteiger partial charge in [0.15, 0.2) is 5.75 Å². The molecule has 2 saturated heterocycles. The van der Waals surface area contributed by atoms with E-state index in [0.717, 1.165) is 29.0 Å². The number of carbonyl (C=O) groups excluding carboxylic acids is 1. The van der Waals surface area contributed by atoms with E-state index in [-0.39, 0.29) is 23.0 Å². The van der Waals surface area contributed by atoms with Gasteiger partial charge in [0.25, 0.3) is 5.91 Å². The van der Waals surface area contributed by atoms with Crippen LogP contribution in [0.25, 0.3) is 0 Å². The summed E-state index contributed by atoms with van der Waals surface area (Å²) in [5.41, 5.74) is 2.19. The van der Waals surface area contributed by atoms with Crippen molar-refractivity contribution < 1.29 is 13.9 Å². The van der Waals surface area contributed by atoms with E-state index in [1.165, 1.54) is 18.2 Å². The third kappa shape index (κ3) is 4.57. The fraction of sp³-hybridized carbons (Fsp3) is 0.280. The van der Waals surface area contributed by atoms with Crippen LogP contribution in [0, 0.1) is 5.82 Å². The highest BCUT2D eigenvalue weighted by Crippen LogP contribution is 2.45. The summed E-state index contributed by atoms with van der Waals surface area (Å²) in [4.78, 5) is 22.1. The molecule has 2 unspecified atom stereocenters. The van der Waals surface area contributed by atoms with Crippen LogP contribution in [0.5, 0.6) is 5.75 Å². The number of fused-ring (bicyclic) bond motifs is 2. The number of halogens is 3. The molecule has 1 amide bonds. The van der Waals surface area contributed by atoms with Gasteiger partial charge in [0.05, 0.1) is 21.3 Å². The Morgan fingerprint density at radius 1 is 1.06 bits per heavy atom. The molecule has 2 aliphatic heterocycles. The van der Waals surface area contributed by atoms with Gasteiger partial charge in [-0.25, -0.2) is 4.39 Å². The molecule has 2 fully saturated rings. The monoisotopic (exact) mass is 517 g/mol. The molecule has 0 radical (unpaired) electrons. The molecule has 34 heavy (non-hydrogen) atoms. The summed E-state index contributed by atoms with van der Waals surface area (Å²) < 4.78 is 19.6. The molecule has 9 heteroatoms. The molecule has 0 aliphatic carbocycles. The molecule has 176 valence electrons. The summed E-state index contributed by atoms with van der Waals surface area (Å²) >= 11 is 17.3. The number of carbonyl (C=O) groups is 1. The number of anilines is 1. The van der Waals surface area contributed by atoms with Gasteiger partial charge in [0, 0.05) is 42.5 Å². The average molecular weight is 518 g/mol. The summed E-state index contributed by atoms with van der Waals surface area (Å²) in [6.07, 6.45) is 5.32. The molecular weight excluding hydrogens is 496 g/mol. The third-order valence-electron chi connectivity index (χ3n) is 6.35. The number of piperazine rings is 1. The topological polar surface area (TPSA) is 45.7 Å². The van der Waals surface area contributed by atoms with Gasteiger partial charge in [-0.3, -0.25) is 9.78 Å². The summed E-state index contributed by atoms with van der Waals surface area (Å²) in [6.45, 7) is 1.42. The minimum Gasteiger partial charge on any atom is -0.485 e. The van der Waals surface area contributed by atoms with E-state index >= 15 is 0 Å². The molecule has 0 spiro atoms. The lowest BCUT2D eigenvalue weighted by atomic mass is 10.1. The largest absolute Gasteiger partial charge is 0.485 e. The van der Waals surface area contributed by atoms with Gasteiger partial charge in [-0.05, 0) is 60.9 Å². The maximum absolute atomic E-state index is 13.5. The van der Waals surface area contributed by atoms with Crippen LogP contribution in [-0.2, 0) is 6.61 Å². The highest BCUT2D eigenvalue weighted by molar-refractivity contribution is 7.80. The standard InChI is InChI=1S/C25H22Cl2FN3O2S/c26-21-9-16(28)1-4-20(21)25(32)30-12-17-2-3-18(13-30)31(17)23-11-19(34)10-22(27)24(23)33-14-15-5-7-29-8-6-15/h1,4-11,17-18,34H,2-3,12-14H2. The molecule has 5 rings (SSSR count). The van der Waals surface area contributed by atoms with Crippen molar-refractivity contribution in [2.24, 2.45) is 0 Å². The van der Waals surface area contributed by atoms with E-state index in [0.29, 0.717) is 36.0 Å². The summed E-state index contributed by atoms with van der Waals surface area (Å²) in [7, 11) is 0. The van der Waals surface area contributed by atoms with Crippen LogP contribution >= 0.6 is 35.8 Å². The fourth-order valence-electron chi connectivity index (χ4n) is 4.83. The van der Waals surface area contributed by atoms with E-state index in [2.05, 4.69) is 22.5 Å². The molecule has 2 aromatic carbocycles. The number of nitrogens with zero attached hydrogens (tertiary/aromatic N) is 3. The minimum atomic E-state index is -0.464. The lowest BCUT2D eigenvalue weighted by molar-refractivity contribution is 0.0717. The SMILES string of the molecule is O=C(c1ccc(F)cc1Cl)N1CC2CCC(C1)N2c1cc(S)cc(Cl)c1OCc1ccncc1. The number of pyridine rings is 1. The highest BCUT2D eigenvalue weighted by Gasteiger charge is 2.43. The average Bonchev–Trinajstić information content (AvgIpc) is 3.07. The first kappa shape index (κ1) is 23.3. The van der Waals surface area contributed by atoms with Crippen molar-refractivity contribution in [3.8, 4) is 5.75 Å². The lowest BCUT2D eigenvalue weighted by Crippen LogP contribution is -2.55. The van der Waals surface area contributed by atoms with E-state index in [1.807, 2.05) is 23.1 Å². The number of amides is 1. The normalized spacial score (nSPS) is 19.4. The zero-order valence-corrected chi connectivity index (χ0v) is 20.5. The van der Waals surface area contributed by atoms with E-state index in [4.69, 9.17) is 27.9 Å². The smallest absolute Gasteiger partial charge is 0.255 e. The summed E-state index contributed by atoms with van der Waals surface area (Å²) in [5, 5.41) is 0.619. The Labute approximate surface area is 212 Å². The number of benzene rings is 2. The molecule has 0 N–H and O–H groups in total. The van der Waals surface area contributed by atoms with E-state index < -0.39 is 5.82 Å². The number of ether oxygens (including phenoxy) is 1. The summed E-state index contributed by atoms with van der Waals surface area (Å²) in [5.74, 6) is -0.0412. The Balaban J connectivity index is 1.40. The van der Waals surface area contributed by atoms with Crippen molar-refractivity contribution in [1.29, 1.82) is 0 Å². The fourth-order valence-corrected chi connectivity index (χ4v) is 5.67. The van der Waals surface area contributed by atoms with Crippen molar-refractivity contribution in [1.82, 2.24) is 9.88 Å². The second kappa shape index (κ2) is 9.64. The maximum Gasteiger partial charge on any atom is 0.255 e. The highest BCUT2D eigenvalue weighted by atomic mass is 35.5. The van der Waals surface area contributed by atoms with Crippen LogP contribution < -0.4 is 9.64 Å². The number of aromatic nitrogens is 1. The molecule has 0 saturated carbocycles. The first-order valence-electron chi connectivity index (χ1n) is 11.0. The van der Waals surface area contributed by atoms with Crippen LogP contribution in [0.2, 0.25) is 10.0 Å². The zero-order chi connectivity index (χ0) is 23.8. The van der Waals surface area contributed by atoms with Crippen molar-refractivity contribution >= 4 is 47.4 Å². The van der Waals surface area contributed by atoms with E-state index in [1.54, 1.807) is 18.5 Å². The molecular formula is C25H22Cl2FN3O2S.